The number of ether oxygens (including phenoxy) is 2. The number of allylic oxidation sites excluding steroid dienone is 3. The smallest absolute Gasteiger partial charge is 0.332 e. The summed E-state index contributed by atoms with van der Waals surface area (Å²) in [6.45, 7) is 0.696. The number of nitrogens with two attached hydrogens (primary N) is 1. The summed E-state index contributed by atoms with van der Waals surface area (Å²) in [5.41, 5.74) is 8.71. The minimum absolute atomic E-state index is 0.112. The number of anilines is 1. The molecule has 1 aromatic carbocycles. The maximum atomic E-state index is 13.5. The molecular weight excluding hydrogens is 496 g/mol. The number of nitrogens with zero attached hydrogens (tertiary/aromatic N) is 4. The summed E-state index contributed by atoms with van der Waals surface area (Å²) in [4.78, 5) is 31.1. The van der Waals surface area contributed by atoms with Crippen molar-refractivity contribution in [1.82, 2.24) is 18.7 Å². The van der Waals surface area contributed by atoms with Crippen LogP contribution in [0.4, 0.5) is 5.82 Å². The van der Waals surface area contributed by atoms with Gasteiger partial charge in [-0.25, -0.2) is 9.78 Å². The van der Waals surface area contributed by atoms with Gasteiger partial charge in [0.05, 0.1) is 19.6 Å². The lowest BCUT2D eigenvalue weighted by atomic mass is 9.95. The van der Waals surface area contributed by atoms with Crippen molar-refractivity contribution in [2.75, 3.05) is 26.1 Å². The Bertz CT molecular complexity index is 1690. The minimum Gasteiger partial charge on any atom is -0.497 e. The van der Waals surface area contributed by atoms with Gasteiger partial charge in [0.2, 0.25) is 0 Å². The van der Waals surface area contributed by atoms with Crippen molar-refractivity contribution in [3.63, 3.8) is 0 Å². The van der Waals surface area contributed by atoms with Crippen LogP contribution in [0.5, 0.6) is 11.5 Å². The van der Waals surface area contributed by atoms with Gasteiger partial charge < -0.3 is 25.1 Å². The standard InChI is InChI=1S/C29H32N6O4/c1-33-27-25(28(36)34(2)29(33)37)24(19-13-21(38-3)15-22(14-19)39-4)23(16-30)26(32-27)31-17-18-8-7-9-20(12-18)35-10-5-6-11-35/h5-7,9-15,18H,8,16-17,30H2,1-4H3,(H,31,32). The predicted molar refractivity (Wildman–Crippen MR) is 153 cm³/mol. The fourth-order valence-electron chi connectivity index (χ4n) is 5.02. The zero-order valence-corrected chi connectivity index (χ0v) is 22.5. The van der Waals surface area contributed by atoms with E-state index in [1.807, 2.05) is 36.7 Å². The molecule has 0 spiro atoms. The molecule has 1 atom stereocenters. The maximum absolute atomic E-state index is 13.5. The number of nitrogens with one attached hydrogen (secondary N) is 1. The van der Waals surface area contributed by atoms with E-state index in [9.17, 15) is 9.59 Å². The topological polar surface area (TPSA) is 118 Å². The van der Waals surface area contributed by atoms with Crippen molar-refractivity contribution in [3.8, 4) is 22.6 Å². The zero-order valence-electron chi connectivity index (χ0n) is 22.5. The van der Waals surface area contributed by atoms with E-state index >= 15 is 0 Å². The van der Waals surface area contributed by atoms with Crippen LogP contribution >= 0.6 is 0 Å². The van der Waals surface area contributed by atoms with Gasteiger partial charge in [0.25, 0.3) is 5.56 Å². The lowest BCUT2D eigenvalue weighted by Crippen LogP contribution is -2.38. The van der Waals surface area contributed by atoms with Gasteiger partial charge in [-0.1, -0.05) is 12.2 Å². The number of methoxy groups -OCH3 is 2. The van der Waals surface area contributed by atoms with Crippen LogP contribution in [0.25, 0.3) is 27.9 Å². The lowest BCUT2D eigenvalue weighted by Gasteiger charge is -2.22. The number of pyridine rings is 1. The van der Waals surface area contributed by atoms with Crippen LogP contribution in [0.1, 0.15) is 12.0 Å². The molecule has 1 aliphatic rings. The quantitative estimate of drug-likeness (QED) is 0.361. The molecule has 0 amide bonds. The van der Waals surface area contributed by atoms with Crippen molar-refractivity contribution in [1.29, 1.82) is 0 Å². The van der Waals surface area contributed by atoms with Gasteiger partial charge in [-0.2, -0.15) is 0 Å². The molecule has 1 unspecified atom stereocenters. The van der Waals surface area contributed by atoms with Crippen LogP contribution in [0.2, 0.25) is 0 Å². The molecule has 202 valence electrons. The van der Waals surface area contributed by atoms with Crippen LogP contribution in [0.15, 0.2) is 70.5 Å². The highest BCUT2D eigenvalue weighted by Gasteiger charge is 2.23. The van der Waals surface area contributed by atoms with E-state index in [0.717, 1.165) is 16.7 Å². The molecule has 5 rings (SSSR count). The maximum Gasteiger partial charge on any atom is 0.332 e. The number of aryl methyl sites for hydroxylation is 1. The fraction of sp³-hybridized carbons (Fsp3) is 0.276. The molecule has 0 fully saturated rings. The Morgan fingerprint density at radius 2 is 1.74 bits per heavy atom. The van der Waals surface area contributed by atoms with Gasteiger partial charge in [0, 0.05) is 62.5 Å². The van der Waals surface area contributed by atoms with E-state index in [1.54, 1.807) is 27.3 Å². The van der Waals surface area contributed by atoms with Crippen molar-refractivity contribution in [2.24, 2.45) is 25.7 Å². The number of benzene rings is 1. The number of aromatic nitrogens is 4. The average Bonchev–Trinajstić information content (AvgIpc) is 3.52. The second-order valence-electron chi connectivity index (χ2n) is 9.48. The first-order valence-corrected chi connectivity index (χ1v) is 12.7. The monoisotopic (exact) mass is 528 g/mol. The van der Waals surface area contributed by atoms with Crippen LogP contribution < -0.4 is 31.8 Å². The van der Waals surface area contributed by atoms with Gasteiger partial charge in [-0.15, -0.1) is 0 Å². The van der Waals surface area contributed by atoms with Crippen molar-refractivity contribution < 1.29 is 9.47 Å². The van der Waals surface area contributed by atoms with Crippen LogP contribution in [0.3, 0.4) is 0 Å². The highest BCUT2D eigenvalue weighted by Crippen LogP contribution is 2.37. The van der Waals surface area contributed by atoms with E-state index in [-0.39, 0.29) is 18.1 Å². The number of rotatable bonds is 8. The molecule has 3 aromatic heterocycles. The molecule has 3 heterocycles. The van der Waals surface area contributed by atoms with Crippen LogP contribution in [0, 0.1) is 5.92 Å². The third kappa shape index (κ3) is 4.74. The molecule has 1 aliphatic carbocycles. The molecule has 0 bridgehead atoms. The Morgan fingerprint density at radius 3 is 2.38 bits per heavy atom. The predicted octanol–water partition coefficient (Wildman–Crippen LogP) is 3.11. The van der Waals surface area contributed by atoms with E-state index in [4.69, 9.17) is 20.2 Å². The largest absolute Gasteiger partial charge is 0.497 e. The molecule has 10 heteroatoms. The van der Waals surface area contributed by atoms with Gasteiger partial charge in [0.15, 0.2) is 5.65 Å². The Morgan fingerprint density at radius 1 is 1.05 bits per heavy atom. The third-order valence-corrected chi connectivity index (χ3v) is 7.10. The normalized spacial score (nSPS) is 14.9. The Labute approximate surface area is 225 Å². The summed E-state index contributed by atoms with van der Waals surface area (Å²) < 4.78 is 15.5. The summed E-state index contributed by atoms with van der Waals surface area (Å²) in [5.74, 6) is 1.84. The van der Waals surface area contributed by atoms with E-state index < -0.39 is 11.2 Å². The van der Waals surface area contributed by atoms with Crippen LogP contribution in [-0.2, 0) is 20.6 Å². The van der Waals surface area contributed by atoms with Crippen molar-refractivity contribution in [2.45, 2.75) is 13.0 Å². The Hall–Kier alpha value is -4.57. The fourth-order valence-corrected chi connectivity index (χ4v) is 5.02. The number of hydrogen-bond donors (Lipinski definition) is 2. The highest BCUT2D eigenvalue weighted by atomic mass is 16.5. The van der Waals surface area contributed by atoms with E-state index in [2.05, 4.69) is 28.1 Å². The first-order chi connectivity index (χ1) is 18.9. The SMILES string of the molecule is COc1cc(OC)cc(-c2c(CN)c(NCC3C=C(n4cccc4)C=CC3)nc3c2c(=O)n(C)c(=O)n3C)c1. The second kappa shape index (κ2) is 10.7. The summed E-state index contributed by atoms with van der Waals surface area (Å²) >= 11 is 0. The summed E-state index contributed by atoms with van der Waals surface area (Å²) in [7, 11) is 6.20. The molecule has 0 radical (unpaired) electrons. The average molecular weight is 529 g/mol. The summed E-state index contributed by atoms with van der Waals surface area (Å²) in [5, 5.41) is 3.78. The first-order valence-electron chi connectivity index (χ1n) is 12.7. The van der Waals surface area contributed by atoms with Gasteiger partial charge in [-0.05, 0) is 48.2 Å². The first kappa shape index (κ1) is 26.1. The molecule has 39 heavy (non-hydrogen) atoms. The second-order valence-corrected chi connectivity index (χ2v) is 9.48. The lowest BCUT2D eigenvalue weighted by molar-refractivity contribution is 0.394. The molecule has 0 saturated carbocycles. The molecule has 0 saturated heterocycles. The number of hydrogen-bond acceptors (Lipinski definition) is 7. The molecule has 4 aromatic rings. The van der Waals surface area contributed by atoms with Gasteiger partial charge >= 0.3 is 5.69 Å². The van der Waals surface area contributed by atoms with Gasteiger partial charge in [-0.3, -0.25) is 13.9 Å². The zero-order chi connectivity index (χ0) is 27.7. The molecule has 0 aliphatic heterocycles. The number of fused-ring (bicyclic) bond motifs is 1. The van der Waals surface area contributed by atoms with Gasteiger partial charge in [0.1, 0.15) is 17.3 Å². The highest BCUT2D eigenvalue weighted by molar-refractivity contribution is 5.97. The molecule has 3 N–H and O–H groups in total. The van der Waals surface area contributed by atoms with Crippen molar-refractivity contribution >= 4 is 22.5 Å². The Balaban J connectivity index is 1.68. The minimum atomic E-state index is -0.461. The van der Waals surface area contributed by atoms with E-state index in [0.29, 0.717) is 45.9 Å². The summed E-state index contributed by atoms with van der Waals surface area (Å²) in [6.07, 6.45) is 11.4. The summed E-state index contributed by atoms with van der Waals surface area (Å²) in [6, 6.07) is 9.39. The Kier molecular flexibility index (Phi) is 7.12. The molecular formula is C29H32N6O4. The molecule has 10 nitrogen and oxygen atoms in total. The third-order valence-electron chi connectivity index (χ3n) is 7.10. The van der Waals surface area contributed by atoms with Crippen LogP contribution in [-0.4, -0.2) is 39.4 Å². The van der Waals surface area contributed by atoms with E-state index in [1.165, 1.54) is 11.6 Å². The van der Waals surface area contributed by atoms with Crippen molar-refractivity contribution in [3.05, 3.63) is 87.4 Å².